The third-order valence-electron chi connectivity index (χ3n) is 3.32. The Morgan fingerprint density at radius 2 is 2.05 bits per heavy atom. The van der Waals surface area contributed by atoms with Crippen LogP contribution in [-0.2, 0) is 13.0 Å². The van der Waals surface area contributed by atoms with Crippen LogP contribution in [0.3, 0.4) is 0 Å². The molecule has 0 spiro atoms. The molecule has 0 fully saturated rings. The van der Waals surface area contributed by atoms with Gasteiger partial charge in [0.2, 0.25) is 0 Å². The Morgan fingerprint density at radius 1 is 1.38 bits per heavy atom. The standard InChI is InChI=1S/C15H17N3O3/c1-2-13-11(10-3-5-17-6-4-10)9-12(14(16)20)15(21)18(13)7-8-19/h3-6,9,19H,2,7-8H2,1H3,(H2,16,20). The number of nitrogens with two attached hydrogens (primary N) is 1. The summed E-state index contributed by atoms with van der Waals surface area (Å²) in [6, 6.07) is 5.12. The second-order valence-corrected chi connectivity index (χ2v) is 4.55. The van der Waals surface area contributed by atoms with Crippen molar-refractivity contribution in [2.45, 2.75) is 19.9 Å². The average Bonchev–Trinajstić information content (AvgIpc) is 2.49. The van der Waals surface area contributed by atoms with Gasteiger partial charge in [-0.1, -0.05) is 6.92 Å². The summed E-state index contributed by atoms with van der Waals surface area (Å²) in [6.07, 6.45) is 3.87. The number of carbonyl (C=O) groups excluding carboxylic acids is 1. The lowest BCUT2D eigenvalue weighted by Gasteiger charge is -2.17. The van der Waals surface area contributed by atoms with Gasteiger partial charge in [-0.25, -0.2) is 0 Å². The van der Waals surface area contributed by atoms with Crippen molar-refractivity contribution in [3.63, 3.8) is 0 Å². The first-order valence-electron chi connectivity index (χ1n) is 6.68. The molecule has 2 aromatic heterocycles. The van der Waals surface area contributed by atoms with Crippen molar-refractivity contribution >= 4 is 5.91 Å². The number of aliphatic hydroxyl groups excluding tert-OH is 1. The van der Waals surface area contributed by atoms with Gasteiger partial charge in [0, 0.05) is 30.2 Å². The van der Waals surface area contributed by atoms with Gasteiger partial charge in [0.15, 0.2) is 0 Å². The number of hydrogen-bond acceptors (Lipinski definition) is 4. The molecule has 1 amide bonds. The summed E-state index contributed by atoms with van der Waals surface area (Å²) in [5.41, 5.74) is 7.10. The van der Waals surface area contributed by atoms with E-state index in [4.69, 9.17) is 10.8 Å². The fraction of sp³-hybridized carbons (Fsp3) is 0.267. The monoisotopic (exact) mass is 287 g/mol. The number of carbonyl (C=O) groups is 1. The van der Waals surface area contributed by atoms with E-state index in [1.807, 2.05) is 6.92 Å². The molecule has 6 heteroatoms. The van der Waals surface area contributed by atoms with Gasteiger partial charge in [0.1, 0.15) is 5.56 Å². The molecule has 0 bridgehead atoms. The number of aliphatic hydroxyl groups is 1. The normalized spacial score (nSPS) is 10.6. The van der Waals surface area contributed by atoms with Crippen molar-refractivity contribution in [3.05, 3.63) is 52.2 Å². The fourth-order valence-corrected chi connectivity index (χ4v) is 2.38. The minimum atomic E-state index is -0.773. The summed E-state index contributed by atoms with van der Waals surface area (Å²) in [7, 11) is 0. The minimum Gasteiger partial charge on any atom is -0.395 e. The van der Waals surface area contributed by atoms with E-state index in [9.17, 15) is 9.59 Å². The predicted octanol–water partition coefficient (Wildman–Crippen LogP) is 0.564. The molecule has 0 aliphatic rings. The van der Waals surface area contributed by atoms with Crippen LogP contribution in [0.1, 0.15) is 23.0 Å². The van der Waals surface area contributed by atoms with Crippen LogP contribution in [0.25, 0.3) is 11.1 Å². The number of pyridine rings is 2. The highest BCUT2D eigenvalue weighted by molar-refractivity contribution is 5.94. The van der Waals surface area contributed by atoms with Gasteiger partial charge in [-0.2, -0.15) is 0 Å². The Bertz CT molecular complexity index is 708. The maximum absolute atomic E-state index is 12.3. The first-order chi connectivity index (χ1) is 10.1. The Balaban J connectivity index is 2.80. The molecular formula is C15H17N3O3. The molecule has 0 aromatic carbocycles. The van der Waals surface area contributed by atoms with Gasteiger partial charge >= 0.3 is 0 Å². The largest absolute Gasteiger partial charge is 0.395 e. The molecule has 2 heterocycles. The summed E-state index contributed by atoms with van der Waals surface area (Å²) in [6.45, 7) is 1.85. The minimum absolute atomic E-state index is 0.0764. The van der Waals surface area contributed by atoms with Crippen molar-refractivity contribution in [3.8, 4) is 11.1 Å². The maximum Gasteiger partial charge on any atom is 0.263 e. The van der Waals surface area contributed by atoms with E-state index in [2.05, 4.69) is 4.98 Å². The SMILES string of the molecule is CCc1c(-c2ccncc2)cc(C(N)=O)c(=O)n1CCO. The second-order valence-electron chi connectivity index (χ2n) is 4.55. The summed E-state index contributed by atoms with van der Waals surface area (Å²) < 4.78 is 1.41. The van der Waals surface area contributed by atoms with E-state index in [0.717, 1.165) is 16.8 Å². The highest BCUT2D eigenvalue weighted by atomic mass is 16.3. The van der Waals surface area contributed by atoms with Crippen molar-refractivity contribution in [2.75, 3.05) is 6.61 Å². The van der Waals surface area contributed by atoms with E-state index in [-0.39, 0.29) is 18.7 Å². The average molecular weight is 287 g/mol. The van der Waals surface area contributed by atoms with Crippen LogP contribution in [0.4, 0.5) is 0 Å². The molecule has 0 saturated heterocycles. The summed E-state index contributed by atoms with van der Waals surface area (Å²) in [5.74, 6) is -0.773. The zero-order chi connectivity index (χ0) is 15.4. The molecule has 0 unspecified atom stereocenters. The van der Waals surface area contributed by atoms with Gasteiger partial charge in [-0.3, -0.25) is 14.6 Å². The summed E-state index contributed by atoms with van der Waals surface area (Å²) in [5, 5.41) is 9.17. The van der Waals surface area contributed by atoms with Gasteiger partial charge < -0.3 is 15.4 Å². The van der Waals surface area contributed by atoms with Gasteiger partial charge in [-0.15, -0.1) is 0 Å². The Labute approximate surface area is 121 Å². The third-order valence-corrected chi connectivity index (χ3v) is 3.32. The topological polar surface area (TPSA) is 98.2 Å². The van der Waals surface area contributed by atoms with Crippen molar-refractivity contribution in [2.24, 2.45) is 5.73 Å². The number of amides is 1. The van der Waals surface area contributed by atoms with E-state index >= 15 is 0 Å². The Hall–Kier alpha value is -2.47. The van der Waals surface area contributed by atoms with Crippen LogP contribution >= 0.6 is 0 Å². The smallest absolute Gasteiger partial charge is 0.263 e. The highest BCUT2D eigenvalue weighted by Gasteiger charge is 2.17. The predicted molar refractivity (Wildman–Crippen MR) is 78.9 cm³/mol. The number of hydrogen-bond donors (Lipinski definition) is 2. The number of nitrogens with zero attached hydrogens (tertiary/aromatic N) is 2. The lowest BCUT2D eigenvalue weighted by atomic mass is 10.0. The maximum atomic E-state index is 12.3. The van der Waals surface area contributed by atoms with Crippen molar-refractivity contribution in [1.82, 2.24) is 9.55 Å². The first-order valence-corrected chi connectivity index (χ1v) is 6.68. The van der Waals surface area contributed by atoms with E-state index < -0.39 is 11.5 Å². The number of rotatable bonds is 5. The van der Waals surface area contributed by atoms with Gasteiger partial charge in [0.25, 0.3) is 11.5 Å². The lowest BCUT2D eigenvalue weighted by molar-refractivity contribution is 0.0998. The van der Waals surface area contributed by atoms with Gasteiger partial charge in [-0.05, 0) is 30.2 Å². The zero-order valence-electron chi connectivity index (χ0n) is 11.7. The molecule has 2 aromatic rings. The van der Waals surface area contributed by atoms with Crippen molar-refractivity contribution in [1.29, 1.82) is 0 Å². The van der Waals surface area contributed by atoms with Crippen molar-refractivity contribution < 1.29 is 9.90 Å². The van der Waals surface area contributed by atoms with Crippen LogP contribution in [0, 0.1) is 0 Å². The van der Waals surface area contributed by atoms with Crippen LogP contribution in [0.15, 0.2) is 35.4 Å². The molecule has 0 aliphatic carbocycles. The van der Waals surface area contributed by atoms with Crippen LogP contribution in [0.5, 0.6) is 0 Å². The highest BCUT2D eigenvalue weighted by Crippen LogP contribution is 2.23. The Kier molecular flexibility index (Phi) is 4.49. The number of aromatic nitrogens is 2. The third kappa shape index (κ3) is 2.85. The lowest BCUT2D eigenvalue weighted by Crippen LogP contribution is -2.32. The van der Waals surface area contributed by atoms with Crippen LogP contribution < -0.4 is 11.3 Å². The van der Waals surface area contributed by atoms with E-state index in [1.165, 1.54) is 10.6 Å². The molecule has 21 heavy (non-hydrogen) atoms. The zero-order valence-corrected chi connectivity index (χ0v) is 11.7. The molecule has 0 aliphatic heterocycles. The molecule has 110 valence electrons. The molecule has 0 atom stereocenters. The summed E-state index contributed by atoms with van der Waals surface area (Å²) >= 11 is 0. The first kappa shape index (κ1) is 14.9. The quantitative estimate of drug-likeness (QED) is 0.839. The molecule has 2 rings (SSSR count). The van der Waals surface area contributed by atoms with E-state index in [1.54, 1.807) is 24.5 Å². The molecule has 6 nitrogen and oxygen atoms in total. The fourth-order valence-electron chi connectivity index (χ4n) is 2.38. The van der Waals surface area contributed by atoms with Gasteiger partial charge in [0.05, 0.1) is 6.61 Å². The Morgan fingerprint density at radius 3 is 2.57 bits per heavy atom. The molecule has 3 N–H and O–H groups in total. The molecular weight excluding hydrogens is 270 g/mol. The molecule has 0 saturated carbocycles. The van der Waals surface area contributed by atoms with Crippen LogP contribution in [0.2, 0.25) is 0 Å². The summed E-state index contributed by atoms with van der Waals surface area (Å²) in [4.78, 5) is 27.8. The van der Waals surface area contributed by atoms with Crippen LogP contribution in [-0.4, -0.2) is 27.2 Å². The van der Waals surface area contributed by atoms with E-state index in [0.29, 0.717) is 6.42 Å². The number of primary amides is 1. The molecule has 0 radical (unpaired) electrons. The second kappa shape index (κ2) is 6.32.